The topological polar surface area (TPSA) is 53.1 Å². The van der Waals surface area contributed by atoms with E-state index >= 15 is 0 Å². The zero-order valence-electron chi connectivity index (χ0n) is 13.0. The first kappa shape index (κ1) is 14.0. The second-order valence-corrected chi connectivity index (χ2v) is 5.91. The standard InChI is InChI=1S/C17H23N3O/c1-4-20-16(18)15(19-17(20)13-5-6-13)12-7-9-14(10-8-12)21-11(2)3/h7-11,13H,4-6,18H2,1-3H3. The second kappa shape index (κ2) is 5.43. The maximum absolute atomic E-state index is 6.30. The van der Waals surface area contributed by atoms with Crippen LogP contribution in [0.3, 0.4) is 0 Å². The number of nitrogens with zero attached hydrogens (tertiary/aromatic N) is 2. The van der Waals surface area contributed by atoms with Gasteiger partial charge in [0.2, 0.25) is 0 Å². The zero-order chi connectivity index (χ0) is 15.0. The van der Waals surface area contributed by atoms with Gasteiger partial charge >= 0.3 is 0 Å². The quantitative estimate of drug-likeness (QED) is 0.908. The third-order valence-corrected chi connectivity index (χ3v) is 3.79. The molecular formula is C17H23N3O. The molecule has 1 aromatic carbocycles. The Morgan fingerprint density at radius 2 is 1.95 bits per heavy atom. The fraction of sp³-hybridized carbons (Fsp3) is 0.471. The molecule has 0 atom stereocenters. The van der Waals surface area contributed by atoms with Gasteiger partial charge in [0, 0.05) is 18.0 Å². The van der Waals surface area contributed by atoms with Crippen LogP contribution >= 0.6 is 0 Å². The first-order chi connectivity index (χ1) is 10.1. The first-order valence-electron chi connectivity index (χ1n) is 7.73. The van der Waals surface area contributed by atoms with Gasteiger partial charge < -0.3 is 15.0 Å². The zero-order valence-corrected chi connectivity index (χ0v) is 13.0. The molecule has 21 heavy (non-hydrogen) atoms. The minimum atomic E-state index is 0.182. The minimum absolute atomic E-state index is 0.182. The van der Waals surface area contributed by atoms with Crippen molar-refractivity contribution in [2.24, 2.45) is 0 Å². The molecule has 0 aliphatic heterocycles. The molecule has 2 aromatic rings. The lowest BCUT2D eigenvalue weighted by Crippen LogP contribution is -2.05. The molecular weight excluding hydrogens is 262 g/mol. The Morgan fingerprint density at radius 1 is 1.29 bits per heavy atom. The van der Waals surface area contributed by atoms with Crippen LogP contribution in [0, 0.1) is 0 Å². The van der Waals surface area contributed by atoms with Crippen molar-refractivity contribution < 1.29 is 4.74 Å². The summed E-state index contributed by atoms with van der Waals surface area (Å²) in [7, 11) is 0. The summed E-state index contributed by atoms with van der Waals surface area (Å²) in [5.74, 6) is 3.40. The summed E-state index contributed by atoms with van der Waals surface area (Å²) in [4.78, 5) is 4.80. The molecule has 3 rings (SSSR count). The number of benzene rings is 1. The van der Waals surface area contributed by atoms with Crippen molar-refractivity contribution in [2.75, 3.05) is 5.73 Å². The molecule has 0 bridgehead atoms. The number of aromatic nitrogens is 2. The molecule has 0 amide bonds. The molecule has 0 unspecified atom stereocenters. The van der Waals surface area contributed by atoms with E-state index in [9.17, 15) is 0 Å². The Labute approximate surface area is 125 Å². The molecule has 2 N–H and O–H groups in total. The van der Waals surface area contributed by atoms with E-state index in [1.54, 1.807) is 0 Å². The number of hydrogen-bond acceptors (Lipinski definition) is 3. The number of ether oxygens (including phenoxy) is 1. The number of imidazole rings is 1. The van der Waals surface area contributed by atoms with Gasteiger partial charge in [0.05, 0.1) is 6.10 Å². The summed E-state index contributed by atoms with van der Waals surface area (Å²) in [6, 6.07) is 8.03. The predicted molar refractivity (Wildman–Crippen MR) is 85.5 cm³/mol. The smallest absolute Gasteiger partial charge is 0.131 e. The molecule has 0 radical (unpaired) electrons. The van der Waals surface area contributed by atoms with Crippen LogP contribution in [0.4, 0.5) is 5.82 Å². The molecule has 4 heteroatoms. The third kappa shape index (κ3) is 2.75. The molecule has 1 aromatic heterocycles. The second-order valence-electron chi connectivity index (χ2n) is 5.91. The van der Waals surface area contributed by atoms with Gasteiger partial charge in [-0.3, -0.25) is 0 Å². The van der Waals surface area contributed by atoms with Crippen molar-refractivity contribution in [2.45, 2.75) is 52.2 Å². The fourth-order valence-corrected chi connectivity index (χ4v) is 2.64. The van der Waals surface area contributed by atoms with E-state index < -0.39 is 0 Å². The summed E-state index contributed by atoms with van der Waals surface area (Å²) < 4.78 is 7.82. The van der Waals surface area contributed by atoms with Gasteiger partial charge in [-0.15, -0.1) is 0 Å². The van der Waals surface area contributed by atoms with E-state index in [0.717, 1.165) is 35.2 Å². The van der Waals surface area contributed by atoms with Crippen molar-refractivity contribution in [3.63, 3.8) is 0 Å². The van der Waals surface area contributed by atoms with Gasteiger partial charge in [0.1, 0.15) is 23.1 Å². The van der Waals surface area contributed by atoms with Crippen molar-refractivity contribution in [3.8, 4) is 17.0 Å². The van der Waals surface area contributed by atoms with Crippen LogP contribution in [-0.4, -0.2) is 15.7 Å². The van der Waals surface area contributed by atoms with Crippen LogP contribution in [-0.2, 0) is 6.54 Å². The number of rotatable bonds is 5. The van der Waals surface area contributed by atoms with E-state index in [1.165, 1.54) is 12.8 Å². The van der Waals surface area contributed by atoms with Gasteiger partial charge in [-0.1, -0.05) is 0 Å². The monoisotopic (exact) mass is 285 g/mol. The molecule has 0 saturated heterocycles. The molecule has 1 heterocycles. The number of nitrogen functional groups attached to an aromatic ring is 1. The first-order valence-corrected chi connectivity index (χ1v) is 7.73. The Balaban J connectivity index is 1.93. The maximum Gasteiger partial charge on any atom is 0.131 e. The summed E-state index contributed by atoms with van der Waals surface area (Å²) in [5.41, 5.74) is 8.25. The lowest BCUT2D eigenvalue weighted by molar-refractivity contribution is 0.242. The maximum atomic E-state index is 6.30. The Hall–Kier alpha value is -1.97. The Morgan fingerprint density at radius 3 is 2.48 bits per heavy atom. The number of nitrogens with two attached hydrogens (primary N) is 1. The van der Waals surface area contributed by atoms with Crippen molar-refractivity contribution in [1.82, 2.24) is 9.55 Å². The minimum Gasteiger partial charge on any atom is -0.491 e. The van der Waals surface area contributed by atoms with Crippen molar-refractivity contribution in [3.05, 3.63) is 30.1 Å². The largest absolute Gasteiger partial charge is 0.491 e. The van der Waals surface area contributed by atoms with E-state index in [0.29, 0.717) is 5.92 Å². The SMILES string of the molecule is CCn1c(C2CC2)nc(-c2ccc(OC(C)C)cc2)c1N. The van der Waals surface area contributed by atoms with Crippen LogP contribution in [0.25, 0.3) is 11.3 Å². The average molecular weight is 285 g/mol. The molecule has 112 valence electrons. The summed E-state index contributed by atoms with van der Waals surface area (Å²) in [5, 5.41) is 0. The van der Waals surface area contributed by atoms with Gasteiger partial charge in [-0.25, -0.2) is 4.98 Å². The van der Waals surface area contributed by atoms with Crippen LogP contribution in [0.15, 0.2) is 24.3 Å². The lowest BCUT2D eigenvalue weighted by atomic mass is 10.1. The van der Waals surface area contributed by atoms with Crippen LogP contribution in [0.1, 0.15) is 45.4 Å². The highest BCUT2D eigenvalue weighted by atomic mass is 16.5. The van der Waals surface area contributed by atoms with Gasteiger partial charge in [-0.05, 0) is 57.9 Å². The Bertz CT molecular complexity index is 624. The normalized spacial score (nSPS) is 14.7. The lowest BCUT2D eigenvalue weighted by Gasteiger charge is -2.10. The fourth-order valence-electron chi connectivity index (χ4n) is 2.64. The van der Waals surface area contributed by atoms with E-state index in [1.807, 2.05) is 38.1 Å². The highest BCUT2D eigenvalue weighted by Crippen LogP contribution is 2.42. The number of hydrogen-bond donors (Lipinski definition) is 1. The highest BCUT2D eigenvalue weighted by Gasteiger charge is 2.30. The molecule has 1 saturated carbocycles. The Kier molecular flexibility index (Phi) is 3.62. The molecule has 1 fully saturated rings. The molecule has 0 spiro atoms. The number of anilines is 1. The average Bonchev–Trinajstić information content (AvgIpc) is 3.23. The van der Waals surface area contributed by atoms with Crippen LogP contribution in [0.2, 0.25) is 0 Å². The van der Waals surface area contributed by atoms with Gasteiger partial charge in [0.25, 0.3) is 0 Å². The molecule has 1 aliphatic rings. The van der Waals surface area contributed by atoms with Gasteiger partial charge in [0.15, 0.2) is 0 Å². The highest BCUT2D eigenvalue weighted by molar-refractivity contribution is 5.71. The summed E-state index contributed by atoms with van der Waals surface area (Å²) in [6.07, 6.45) is 2.65. The van der Waals surface area contributed by atoms with Crippen molar-refractivity contribution >= 4 is 5.82 Å². The van der Waals surface area contributed by atoms with Crippen molar-refractivity contribution in [1.29, 1.82) is 0 Å². The van der Waals surface area contributed by atoms with E-state index in [4.69, 9.17) is 15.5 Å². The predicted octanol–water partition coefficient (Wildman–Crippen LogP) is 3.82. The third-order valence-electron chi connectivity index (χ3n) is 3.79. The van der Waals surface area contributed by atoms with E-state index in [-0.39, 0.29) is 6.10 Å². The van der Waals surface area contributed by atoms with Gasteiger partial charge in [-0.2, -0.15) is 0 Å². The van der Waals surface area contributed by atoms with E-state index in [2.05, 4.69) is 11.5 Å². The van der Waals surface area contributed by atoms with Crippen LogP contribution < -0.4 is 10.5 Å². The summed E-state index contributed by atoms with van der Waals surface area (Å²) in [6.45, 7) is 7.04. The molecule has 1 aliphatic carbocycles. The molecule has 4 nitrogen and oxygen atoms in total. The summed E-state index contributed by atoms with van der Waals surface area (Å²) >= 11 is 0. The van der Waals surface area contributed by atoms with Crippen LogP contribution in [0.5, 0.6) is 5.75 Å².